The number of fused-ring (bicyclic) bond motifs is 1. The van der Waals surface area contributed by atoms with Crippen LogP contribution in [0.25, 0.3) is 6.08 Å². The van der Waals surface area contributed by atoms with Crippen molar-refractivity contribution in [2.24, 2.45) is 0 Å². The van der Waals surface area contributed by atoms with Crippen molar-refractivity contribution >= 4 is 63.6 Å². The predicted octanol–water partition coefficient (Wildman–Crippen LogP) is 8.70. The predicted molar refractivity (Wildman–Crippen MR) is 217 cm³/mol. The number of rotatable bonds is 14. The van der Waals surface area contributed by atoms with Gasteiger partial charge in [-0.25, -0.2) is 4.79 Å². The lowest BCUT2D eigenvalue weighted by Gasteiger charge is -2.18. The number of carbonyl (C=O) groups excluding carboxylic acids is 4. The maximum absolute atomic E-state index is 14.2. The van der Waals surface area contributed by atoms with Crippen LogP contribution >= 0.6 is 23.1 Å². The molecular weight excluding hydrogens is 735 g/mol. The molecule has 0 aliphatic heterocycles. The fourth-order valence-corrected chi connectivity index (χ4v) is 8.55. The molecule has 0 bridgehead atoms. The molecule has 5 aromatic rings. The third kappa shape index (κ3) is 9.64. The minimum Gasteiger partial charge on any atom is -0.493 e. The first-order valence-corrected chi connectivity index (χ1v) is 19.5. The van der Waals surface area contributed by atoms with E-state index in [0.717, 1.165) is 41.7 Å². The molecule has 1 aromatic heterocycles. The number of thioether (sulfide) groups is 1. The Bertz CT molecular complexity index is 2200. The summed E-state index contributed by atoms with van der Waals surface area (Å²) in [5.41, 5.74) is 3.61. The zero-order valence-electron chi connectivity index (χ0n) is 30.7. The van der Waals surface area contributed by atoms with Gasteiger partial charge in [-0.1, -0.05) is 60.7 Å². The molecule has 0 saturated heterocycles. The van der Waals surface area contributed by atoms with Crippen LogP contribution in [0.5, 0.6) is 11.5 Å². The second-order valence-electron chi connectivity index (χ2n) is 12.5. The minimum absolute atomic E-state index is 0.00304. The summed E-state index contributed by atoms with van der Waals surface area (Å²) >= 11 is 2.76. The topological polar surface area (TPSA) is 132 Å². The molecule has 3 N–H and O–H groups in total. The Morgan fingerprint density at radius 2 is 1.55 bits per heavy atom. The van der Waals surface area contributed by atoms with Crippen molar-refractivity contribution in [3.63, 3.8) is 0 Å². The molecule has 3 amide bonds. The van der Waals surface area contributed by atoms with Crippen LogP contribution in [0.4, 0.5) is 10.7 Å². The third-order valence-electron chi connectivity index (χ3n) is 8.82. The number of anilines is 2. The van der Waals surface area contributed by atoms with E-state index in [4.69, 9.17) is 14.2 Å². The molecule has 10 nitrogen and oxygen atoms in total. The summed E-state index contributed by atoms with van der Waals surface area (Å²) in [5.74, 6) is -0.761. The monoisotopic (exact) mass is 775 g/mol. The van der Waals surface area contributed by atoms with Gasteiger partial charge in [0.05, 0.1) is 26.4 Å². The second kappa shape index (κ2) is 18.5. The molecule has 1 heterocycles. The molecule has 0 spiro atoms. The zero-order valence-corrected chi connectivity index (χ0v) is 32.3. The van der Waals surface area contributed by atoms with E-state index in [2.05, 4.69) is 16.0 Å². The van der Waals surface area contributed by atoms with Crippen molar-refractivity contribution in [2.75, 3.05) is 31.5 Å². The van der Waals surface area contributed by atoms with E-state index < -0.39 is 23.0 Å². The molecule has 282 valence electrons. The molecule has 1 atom stereocenters. The lowest BCUT2D eigenvalue weighted by Crippen LogP contribution is -2.30. The van der Waals surface area contributed by atoms with Crippen LogP contribution in [0, 0.1) is 0 Å². The van der Waals surface area contributed by atoms with Gasteiger partial charge in [0.1, 0.15) is 15.9 Å². The standard InChI is InChI=1S/C43H41N3O7S2/c1-4-53-43(50)37-32-20-11-12-21-36(32)55-42(37)46-41(49)38(28-14-7-5-8-15-28)54-31-19-13-18-30(26-31)44-40(48)33(45-39(47)29-16-9-6-10-17-29)24-27-22-23-34(51-2)35(25-27)52-3/h5-10,13-19,22-26,38H,4,11-12,20-21H2,1-3H3,(H,44,48)(H,45,47)(H,46,49)/b33-24+. The average molecular weight is 776 g/mol. The number of carbonyl (C=O) groups is 4. The second-order valence-corrected chi connectivity index (χ2v) is 14.8. The molecule has 1 aliphatic rings. The first-order valence-electron chi connectivity index (χ1n) is 17.8. The zero-order chi connectivity index (χ0) is 38.7. The number of amides is 3. The normalized spacial score (nSPS) is 12.8. The van der Waals surface area contributed by atoms with E-state index in [0.29, 0.717) is 43.8 Å². The Labute approximate surface area is 328 Å². The molecular formula is C43H41N3O7S2. The van der Waals surface area contributed by atoms with Gasteiger partial charge in [0, 0.05) is 21.0 Å². The van der Waals surface area contributed by atoms with Crippen LogP contribution in [0.2, 0.25) is 0 Å². The van der Waals surface area contributed by atoms with E-state index in [-0.39, 0.29) is 18.2 Å². The van der Waals surface area contributed by atoms with Crippen LogP contribution in [0.15, 0.2) is 114 Å². The highest BCUT2D eigenvalue weighted by molar-refractivity contribution is 8.00. The van der Waals surface area contributed by atoms with Crippen molar-refractivity contribution < 1.29 is 33.4 Å². The van der Waals surface area contributed by atoms with Gasteiger partial charge in [-0.05, 0) is 97.8 Å². The maximum atomic E-state index is 14.2. The number of aryl methyl sites for hydroxylation is 1. The number of thiophene rings is 1. The number of nitrogens with one attached hydrogen (secondary N) is 3. The van der Waals surface area contributed by atoms with Crippen LogP contribution < -0.4 is 25.4 Å². The van der Waals surface area contributed by atoms with Crippen molar-refractivity contribution in [1.82, 2.24) is 5.32 Å². The fraction of sp³-hybridized carbons (Fsp3) is 0.209. The number of hydrogen-bond donors (Lipinski definition) is 3. The van der Waals surface area contributed by atoms with E-state index in [1.807, 2.05) is 36.4 Å². The summed E-state index contributed by atoms with van der Waals surface area (Å²) in [4.78, 5) is 56.2. The summed E-state index contributed by atoms with van der Waals surface area (Å²) in [6.45, 7) is 2.00. The highest BCUT2D eigenvalue weighted by Gasteiger charge is 2.30. The maximum Gasteiger partial charge on any atom is 0.341 e. The number of esters is 1. The minimum atomic E-state index is -0.702. The van der Waals surface area contributed by atoms with Crippen molar-refractivity contribution in [2.45, 2.75) is 42.8 Å². The average Bonchev–Trinajstić information content (AvgIpc) is 3.58. The van der Waals surface area contributed by atoms with Crippen molar-refractivity contribution in [1.29, 1.82) is 0 Å². The largest absolute Gasteiger partial charge is 0.493 e. The van der Waals surface area contributed by atoms with Crippen molar-refractivity contribution in [3.8, 4) is 11.5 Å². The quantitative estimate of drug-likeness (QED) is 0.0580. The Morgan fingerprint density at radius 1 is 0.818 bits per heavy atom. The number of ether oxygens (including phenoxy) is 3. The van der Waals surface area contributed by atoms with Gasteiger partial charge in [0.15, 0.2) is 11.5 Å². The molecule has 1 unspecified atom stereocenters. The van der Waals surface area contributed by atoms with Gasteiger partial charge in [-0.2, -0.15) is 0 Å². The van der Waals surface area contributed by atoms with Gasteiger partial charge < -0.3 is 30.2 Å². The Kier molecular flexibility index (Phi) is 13.0. The van der Waals surface area contributed by atoms with Crippen molar-refractivity contribution in [3.05, 3.63) is 142 Å². The smallest absolute Gasteiger partial charge is 0.341 e. The Balaban J connectivity index is 1.26. The first-order chi connectivity index (χ1) is 26.8. The van der Waals surface area contributed by atoms with Gasteiger partial charge >= 0.3 is 5.97 Å². The summed E-state index contributed by atoms with van der Waals surface area (Å²) < 4.78 is 16.2. The first kappa shape index (κ1) is 38.9. The molecule has 0 radical (unpaired) electrons. The number of hydrogen-bond acceptors (Lipinski definition) is 9. The summed E-state index contributed by atoms with van der Waals surface area (Å²) in [7, 11) is 3.05. The number of methoxy groups -OCH3 is 2. The Morgan fingerprint density at radius 3 is 2.27 bits per heavy atom. The van der Waals surface area contributed by atoms with Crippen LogP contribution in [0.3, 0.4) is 0 Å². The van der Waals surface area contributed by atoms with E-state index in [1.165, 1.54) is 37.3 Å². The van der Waals surface area contributed by atoms with Gasteiger partial charge in [-0.15, -0.1) is 23.1 Å². The van der Waals surface area contributed by atoms with Crippen LogP contribution in [-0.4, -0.2) is 44.5 Å². The van der Waals surface area contributed by atoms with Gasteiger partial charge in [0.25, 0.3) is 11.8 Å². The van der Waals surface area contributed by atoms with Crippen LogP contribution in [-0.2, 0) is 27.2 Å². The van der Waals surface area contributed by atoms with Gasteiger partial charge in [0.2, 0.25) is 5.91 Å². The molecule has 0 saturated carbocycles. The highest BCUT2D eigenvalue weighted by atomic mass is 32.2. The summed E-state index contributed by atoms with van der Waals surface area (Å²) in [6, 6.07) is 30.3. The molecule has 0 fully saturated rings. The lowest BCUT2D eigenvalue weighted by atomic mass is 9.95. The van der Waals surface area contributed by atoms with E-state index in [1.54, 1.807) is 79.7 Å². The molecule has 12 heteroatoms. The fourth-order valence-electron chi connectivity index (χ4n) is 6.18. The van der Waals surface area contributed by atoms with E-state index in [9.17, 15) is 19.2 Å². The third-order valence-corrected chi connectivity index (χ3v) is 11.3. The molecule has 55 heavy (non-hydrogen) atoms. The molecule has 4 aromatic carbocycles. The van der Waals surface area contributed by atoms with Gasteiger partial charge in [-0.3, -0.25) is 14.4 Å². The summed E-state index contributed by atoms with van der Waals surface area (Å²) in [5, 5.41) is 8.55. The lowest BCUT2D eigenvalue weighted by molar-refractivity contribution is -0.116. The van der Waals surface area contributed by atoms with Crippen LogP contribution in [0.1, 0.15) is 67.3 Å². The van der Waals surface area contributed by atoms with E-state index >= 15 is 0 Å². The summed E-state index contributed by atoms with van der Waals surface area (Å²) in [6.07, 6.45) is 5.20. The highest BCUT2D eigenvalue weighted by Crippen LogP contribution is 2.42. The Hall–Kier alpha value is -5.85. The molecule has 6 rings (SSSR count). The molecule has 1 aliphatic carbocycles. The number of benzene rings is 4. The SMILES string of the molecule is CCOC(=O)c1c(NC(=O)C(Sc2cccc(NC(=O)/C(=C\c3ccc(OC)c(OC)c3)NC(=O)c3ccccc3)c2)c2ccccc2)sc2c1CCCC2.